The number of allylic oxidation sites excluding steroid dienone is 1. The number of esters is 2. The van der Waals surface area contributed by atoms with Gasteiger partial charge in [-0.25, -0.2) is 9.59 Å². The monoisotopic (exact) mass is 524 g/mol. The molecule has 1 unspecified atom stereocenters. The molecule has 0 radical (unpaired) electrons. The zero-order valence-corrected chi connectivity index (χ0v) is 21.5. The second-order valence-corrected chi connectivity index (χ2v) is 9.47. The summed E-state index contributed by atoms with van der Waals surface area (Å²) in [6.45, 7) is 0. The van der Waals surface area contributed by atoms with Gasteiger partial charge in [0.05, 0.1) is 25.8 Å². The zero-order chi connectivity index (χ0) is 26.6. The Morgan fingerprint density at radius 3 is 2.13 bits per heavy atom. The van der Waals surface area contributed by atoms with E-state index in [1.54, 1.807) is 35.4 Å². The first-order valence-corrected chi connectivity index (χ1v) is 12.6. The summed E-state index contributed by atoms with van der Waals surface area (Å²) in [5.41, 5.74) is 3.14. The van der Waals surface area contributed by atoms with E-state index in [4.69, 9.17) is 9.47 Å². The van der Waals surface area contributed by atoms with Crippen molar-refractivity contribution in [1.29, 1.82) is 0 Å². The molecule has 0 aromatic heterocycles. The van der Waals surface area contributed by atoms with Crippen LogP contribution in [0, 0.1) is 0 Å². The van der Waals surface area contributed by atoms with E-state index < -0.39 is 18.0 Å². The van der Waals surface area contributed by atoms with Crippen LogP contribution in [0.4, 0.5) is 5.69 Å². The lowest BCUT2D eigenvalue weighted by molar-refractivity contribution is -0.139. The van der Waals surface area contributed by atoms with Gasteiger partial charge in [-0.3, -0.25) is 4.79 Å². The van der Waals surface area contributed by atoms with E-state index in [0.29, 0.717) is 16.3 Å². The summed E-state index contributed by atoms with van der Waals surface area (Å²) in [4.78, 5) is 42.5. The predicted octanol–water partition coefficient (Wildman–Crippen LogP) is 5.53. The molecule has 8 heteroatoms. The summed E-state index contributed by atoms with van der Waals surface area (Å²) >= 11 is 0.980. The number of thioether (sulfide) groups is 1. The average Bonchev–Trinajstić information content (AvgIpc) is 3.11. The molecule has 7 nitrogen and oxygen atoms in total. The third-order valence-electron chi connectivity index (χ3n) is 6.24. The van der Waals surface area contributed by atoms with Crippen LogP contribution in [0.2, 0.25) is 0 Å². The Balaban J connectivity index is 1.82. The summed E-state index contributed by atoms with van der Waals surface area (Å²) in [6.07, 6.45) is 3.65. The number of fused-ring (bicyclic) bond motifs is 3. The highest BCUT2D eigenvalue weighted by atomic mass is 32.2. The highest BCUT2D eigenvalue weighted by molar-refractivity contribution is 8.07. The summed E-state index contributed by atoms with van der Waals surface area (Å²) in [5.74, 6) is -1.67. The van der Waals surface area contributed by atoms with Crippen LogP contribution in [0.1, 0.15) is 27.5 Å². The van der Waals surface area contributed by atoms with Gasteiger partial charge in [0.2, 0.25) is 5.78 Å². The van der Waals surface area contributed by atoms with Gasteiger partial charge >= 0.3 is 11.9 Å². The van der Waals surface area contributed by atoms with Crippen molar-refractivity contribution in [3.63, 3.8) is 0 Å². The third kappa shape index (κ3) is 4.62. The normalized spacial score (nSPS) is 16.3. The number of carbonyl (C=O) groups excluding carboxylic acids is 3. The molecule has 0 saturated heterocycles. The van der Waals surface area contributed by atoms with E-state index in [1.807, 2.05) is 66.7 Å². The molecule has 5 rings (SSSR count). The summed E-state index contributed by atoms with van der Waals surface area (Å²) < 4.78 is 10.3. The molecule has 2 aliphatic rings. The Hall–Kier alpha value is -4.56. The summed E-state index contributed by atoms with van der Waals surface area (Å²) in [7, 11) is 2.52. The van der Waals surface area contributed by atoms with Crippen molar-refractivity contribution in [3.05, 3.63) is 129 Å². The maximum atomic E-state index is 14.2. The second-order valence-electron chi connectivity index (χ2n) is 8.45. The van der Waals surface area contributed by atoms with E-state index in [1.165, 1.54) is 14.2 Å². The first-order chi connectivity index (χ1) is 18.5. The van der Waals surface area contributed by atoms with Crippen molar-refractivity contribution < 1.29 is 23.9 Å². The summed E-state index contributed by atoms with van der Waals surface area (Å²) in [5, 5.41) is 3.69. The molecule has 0 spiro atoms. The number of ketones is 1. The van der Waals surface area contributed by atoms with Crippen molar-refractivity contribution in [3.8, 4) is 0 Å². The SMILES string of the molecule is COC(=O)C1=C(C(=O)OC)C2c3ccccc3C=CN2C(C(=O)c2ccccc2)=C(Nc2ccccc2)S1. The Kier molecular flexibility index (Phi) is 7.15. The van der Waals surface area contributed by atoms with Gasteiger partial charge in [0.25, 0.3) is 0 Å². The molecule has 1 atom stereocenters. The van der Waals surface area contributed by atoms with Crippen molar-refractivity contribution in [2.24, 2.45) is 0 Å². The number of rotatable bonds is 6. The molecule has 1 N–H and O–H groups in total. The number of hydrogen-bond donors (Lipinski definition) is 1. The number of ether oxygens (including phenoxy) is 2. The number of benzene rings is 3. The van der Waals surface area contributed by atoms with Gasteiger partial charge < -0.3 is 19.7 Å². The highest BCUT2D eigenvalue weighted by Crippen LogP contribution is 2.48. The number of hydrogen-bond acceptors (Lipinski definition) is 8. The number of nitrogens with one attached hydrogen (secondary N) is 1. The van der Waals surface area contributed by atoms with E-state index in [-0.39, 0.29) is 22.0 Å². The lowest BCUT2D eigenvalue weighted by Crippen LogP contribution is -2.34. The first kappa shape index (κ1) is 25.1. The fraction of sp³-hybridized carbons (Fsp3) is 0.100. The van der Waals surface area contributed by atoms with Crippen LogP contribution in [0.5, 0.6) is 0 Å². The zero-order valence-electron chi connectivity index (χ0n) is 20.7. The van der Waals surface area contributed by atoms with Crippen molar-refractivity contribution >= 4 is 41.2 Å². The molecule has 2 heterocycles. The molecule has 38 heavy (non-hydrogen) atoms. The first-order valence-electron chi connectivity index (χ1n) is 11.8. The fourth-order valence-electron chi connectivity index (χ4n) is 4.50. The maximum Gasteiger partial charge on any atom is 0.345 e. The maximum absolute atomic E-state index is 14.2. The number of nitrogens with zero attached hydrogens (tertiary/aromatic N) is 1. The number of methoxy groups -OCH3 is 2. The minimum Gasteiger partial charge on any atom is -0.466 e. The number of carbonyl (C=O) groups is 3. The van der Waals surface area contributed by atoms with Crippen molar-refractivity contribution in [1.82, 2.24) is 4.90 Å². The van der Waals surface area contributed by atoms with Crippen LogP contribution in [0.25, 0.3) is 6.08 Å². The molecule has 2 aliphatic heterocycles. The van der Waals surface area contributed by atoms with E-state index in [2.05, 4.69) is 5.32 Å². The van der Waals surface area contributed by atoms with Crippen LogP contribution >= 0.6 is 11.8 Å². The molecule has 0 fully saturated rings. The van der Waals surface area contributed by atoms with Crippen molar-refractivity contribution in [2.75, 3.05) is 19.5 Å². The number of anilines is 1. The molecule has 190 valence electrons. The van der Waals surface area contributed by atoms with Gasteiger partial charge in [0, 0.05) is 17.5 Å². The third-order valence-corrected chi connectivity index (χ3v) is 7.33. The van der Waals surface area contributed by atoms with Crippen LogP contribution in [-0.4, -0.2) is 36.8 Å². The van der Waals surface area contributed by atoms with Gasteiger partial charge in [0.15, 0.2) is 0 Å². The number of Topliss-reactive ketones (excluding diaryl/α,β-unsaturated/α-hetero) is 1. The molecular formula is C30H24N2O5S. The minimum atomic E-state index is -0.817. The Morgan fingerprint density at radius 2 is 1.45 bits per heavy atom. The molecular weight excluding hydrogens is 500 g/mol. The topological polar surface area (TPSA) is 84.9 Å². The highest BCUT2D eigenvalue weighted by Gasteiger charge is 2.43. The summed E-state index contributed by atoms with van der Waals surface area (Å²) in [6, 6.07) is 24.9. The van der Waals surface area contributed by atoms with Crippen molar-refractivity contribution in [2.45, 2.75) is 6.04 Å². The van der Waals surface area contributed by atoms with Gasteiger partial charge in [-0.1, -0.05) is 84.6 Å². The average molecular weight is 525 g/mol. The van der Waals surface area contributed by atoms with Gasteiger partial charge in [-0.05, 0) is 29.3 Å². The molecule has 3 aromatic carbocycles. The van der Waals surface area contributed by atoms with Crippen LogP contribution in [-0.2, 0) is 19.1 Å². The van der Waals surface area contributed by atoms with Crippen LogP contribution in [0.3, 0.4) is 0 Å². The van der Waals surface area contributed by atoms with Crippen LogP contribution < -0.4 is 5.32 Å². The minimum absolute atomic E-state index is 0.0359. The molecule has 0 saturated carbocycles. The quantitative estimate of drug-likeness (QED) is 0.333. The standard InChI is InChI=1S/C30H24N2O5S/c1-36-29(34)23-24-22-16-10-9-11-19(22)17-18-32(24)25(26(33)20-12-5-3-6-13-20)28(38-27(23)30(35)37-2)31-21-14-7-4-8-15-21/h3-18,24,31H,1-2H3. The molecule has 3 aromatic rings. The largest absolute Gasteiger partial charge is 0.466 e. The predicted molar refractivity (Wildman–Crippen MR) is 147 cm³/mol. The fourth-order valence-corrected chi connectivity index (χ4v) is 5.64. The lowest BCUT2D eigenvalue weighted by atomic mass is 9.89. The Morgan fingerprint density at radius 1 is 0.816 bits per heavy atom. The number of para-hydroxylation sites is 1. The van der Waals surface area contributed by atoms with Gasteiger partial charge in [-0.2, -0.15) is 0 Å². The van der Waals surface area contributed by atoms with E-state index in [0.717, 1.165) is 22.9 Å². The smallest absolute Gasteiger partial charge is 0.345 e. The lowest BCUT2D eigenvalue weighted by Gasteiger charge is -2.36. The van der Waals surface area contributed by atoms with Gasteiger partial charge in [0.1, 0.15) is 15.6 Å². The van der Waals surface area contributed by atoms with E-state index in [9.17, 15) is 14.4 Å². The van der Waals surface area contributed by atoms with Gasteiger partial charge in [-0.15, -0.1) is 0 Å². The molecule has 0 aliphatic carbocycles. The second kappa shape index (κ2) is 10.8. The Labute approximate surface area is 224 Å². The van der Waals surface area contributed by atoms with E-state index >= 15 is 0 Å². The molecule has 0 amide bonds. The molecule has 0 bridgehead atoms. The van der Waals surface area contributed by atoms with Crippen LogP contribution in [0.15, 0.2) is 112 Å². The Bertz CT molecular complexity index is 1500.